The maximum atomic E-state index is 9.58. The van der Waals surface area contributed by atoms with Crippen LogP contribution in [0.15, 0.2) is 54.6 Å². The van der Waals surface area contributed by atoms with Crippen molar-refractivity contribution in [2.45, 2.75) is 38.2 Å². The Labute approximate surface area is 191 Å². The van der Waals surface area contributed by atoms with Gasteiger partial charge >= 0.3 is 0 Å². The summed E-state index contributed by atoms with van der Waals surface area (Å²) < 4.78 is 5.73. The molecule has 2 N–H and O–H groups in total. The van der Waals surface area contributed by atoms with Crippen LogP contribution in [0.3, 0.4) is 0 Å². The van der Waals surface area contributed by atoms with E-state index in [-0.39, 0.29) is 18.6 Å². The molecule has 1 unspecified atom stereocenters. The first kappa shape index (κ1) is 21.1. The molecule has 0 saturated heterocycles. The van der Waals surface area contributed by atoms with Crippen LogP contribution in [0.25, 0.3) is 20.9 Å². The van der Waals surface area contributed by atoms with Crippen LogP contribution >= 0.6 is 11.3 Å². The molecule has 2 aromatic heterocycles. The van der Waals surface area contributed by atoms with E-state index in [0.717, 1.165) is 56.3 Å². The fraction of sp³-hybridized carbons (Fsp3) is 0.308. The molecule has 164 valence electrons. The first-order valence-electron chi connectivity index (χ1n) is 10.9. The van der Waals surface area contributed by atoms with Crippen molar-refractivity contribution >= 4 is 21.7 Å². The van der Waals surface area contributed by atoms with Crippen molar-refractivity contribution in [2.75, 3.05) is 13.2 Å². The summed E-state index contributed by atoms with van der Waals surface area (Å²) in [6, 6.07) is 19.0. The Morgan fingerprint density at radius 1 is 1.03 bits per heavy atom. The predicted molar refractivity (Wildman–Crippen MR) is 127 cm³/mol. The third kappa shape index (κ3) is 3.79. The number of hydrogen-bond acceptors (Lipinski definition) is 6. The maximum Gasteiger partial charge on any atom is 0.144 e. The van der Waals surface area contributed by atoms with E-state index < -0.39 is 6.10 Å². The van der Waals surface area contributed by atoms with Gasteiger partial charge in [0, 0.05) is 11.0 Å². The zero-order chi connectivity index (χ0) is 22.3. The van der Waals surface area contributed by atoms with Crippen molar-refractivity contribution in [3.63, 3.8) is 0 Å². The topological polar surface area (TPSA) is 75.5 Å². The summed E-state index contributed by atoms with van der Waals surface area (Å²) in [5.41, 5.74) is 6.40. The van der Waals surface area contributed by atoms with Crippen molar-refractivity contribution in [1.29, 1.82) is 0 Å². The van der Waals surface area contributed by atoms with E-state index in [4.69, 9.17) is 19.8 Å². The van der Waals surface area contributed by atoms with E-state index in [1.54, 1.807) is 11.3 Å². The van der Waals surface area contributed by atoms with Crippen LogP contribution < -0.4 is 4.74 Å². The summed E-state index contributed by atoms with van der Waals surface area (Å²) in [5.74, 6) is 0.737. The van der Waals surface area contributed by atoms with Crippen LogP contribution in [0.5, 0.6) is 5.75 Å². The first-order chi connectivity index (χ1) is 15.5. The normalized spacial score (nSPS) is 15.6. The fourth-order valence-corrected chi connectivity index (χ4v) is 5.24. The van der Waals surface area contributed by atoms with E-state index >= 15 is 0 Å². The van der Waals surface area contributed by atoms with Crippen LogP contribution in [0, 0.1) is 13.8 Å². The number of hydrogen-bond donors (Lipinski definition) is 2. The second-order valence-electron chi connectivity index (χ2n) is 8.57. The van der Waals surface area contributed by atoms with Gasteiger partial charge in [-0.2, -0.15) is 0 Å². The van der Waals surface area contributed by atoms with Gasteiger partial charge in [-0.3, -0.25) is 0 Å². The minimum Gasteiger partial charge on any atom is -0.490 e. The molecule has 2 heterocycles. The fourth-order valence-electron chi connectivity index (χ4n) is 4.32. The molecule has 0 bridgehead atoms. The molecule has 6 heteroatoms. The van der Waals surface area contributed by atoms with Gasteiger partial charge in [0.1, 0.15) is 33.8 Å². The molecule has 0 radical (unpaired) electrons. The molecule has 1 fully saturated rings. The summed E-state index contributed by atoms with van der Waals surface area (Å²) in [6.45, 7) is 3.71. The number of nitrogens with zero attached hydrogens (tertiary/aromatic N) is 2. The quantitative estimate of drug-likeness (QED) is 0.427. The van der Waals surface area contributed by atoms with E-state index in [1.165, 1.54) is 5.56 Å². The molecule has 5 nitrogen and oxygen atoms in total. The van der Waals surface area contributed by atoms with Crippen molar-refractivity contribution < 1.29 is 14.9 Å². The molecule has 1 aliphatic rings. The van der Waals surface area contributed by atoms with Gasteiger partial charge in [0.2, 0.25) is 0 Å². The monoisotopic (exact) mass is 446 g/mol. The van der Waals surface area contributed by atoms with Crippen LogP contribution in [0.1, 0.15) is 35.2 Å². The number of rotatable bonds is 7. The Kier molecular flexibility index (Phi) is 5.45. The number of aryl methyl sites for hydroxylation is 2. The number of thiazole rings is 1. The molecule has 0 spiro atoms. The van der Waals surface area contributed by atoms with Gasteiger partial charge in [-0.25, -0.2) is 9.97 Å². The zero-order valence-corrected chi connectivity index (χ0v) is 19.0. The van der Waals surface area contributed by atoms with E-state index in [9.17, 15) is 5.11 Å². The molecule has 1 aliphatic carbocycles. The highest BCUT2D eigenvalue weighted by Gasteiger charge is 2.47. The lowest BCUT2D eigenvalue weighted by Crippen LogP contribution is -2.21. The third-order valence-electron chi connectivity index (χ3n) is 6.16. The predicted octanol–water partition coefficient (Wildman–Crippen LogP) is 4.79. The second-order valence-corrected chi connectivity index (χ2v) is 9.55. The summed E-state index contributed by atoms with van der Waals surface area (Å²) in [5, 5.41) is 19.5. The van der Waals surface area contributed by atoms with Crippen molar-refractivity contribution in [2.24, 2.45) is 0 Å². The van der Waals surface area contributed by atoms with Crippen molar-refractivity contribution in [3.05, 3.63) is 77.0 Å². The lowest BCUT2D eigenvalue weighted by atomic mass is 9.92. The maximum absolute atomic E-state index is 9.58. The van der Waals surface area contributed by atoms with E-state index in [0.29, 0.717) is 0 Å². The van der Waals surface area contributed by atoms with Crippen LogP contribution in [0.4, 0.5) is 0 Å². The van der Waals surface area contributed by atoms with Crippen molar-refractivity contribution in [1.82, 2.24) is 9.97 Å². The first-order valence-corrected chi connectivity index (χ1v) is 11.7. The van der Waals surface area contributed by atoms with Gasteiger partial charge < -0.3 is 14.9 Å². The highest BCUT2D eigenvalue weighted by molar-refractivity contribution is 7.21. The molecule has 0 amide bonds. The summed E-state index contributed by atoms with van der Waals surface area (Å²) in [4.78, 5) is 10.8. The highest BCUT2D eigenvalue weighted by atomic mass is 32.1. The Morgan fingerprint density at radius 3 is 2.41 bits per heavy atom. The Morgan fingerprint density at radius 2 is 1.75 bits per heavy atom. The largest absolute Gasteiger partial charge is 0.490 e. The SMILES string of the molecule is Cc1cc(-c2nc3ccc(C4(c5ccccc5)CC4)nc3s2)cc(C)c1OCC(O)CO. The number of fused-ring (bicyclic) bond motifs is 1. The number of benzene rings is 2. The zero-order valence-electron chi connectivity index (χ0n) is 18.2. The summed E-state index contributed by atoms with van der Waals surface area (Å²) in [6.07, 6.45) is 1.38. The number of aromatic nitrogens is 2. The Bertz CT molecular complexity index is 1240. The van der Waals surface area contributed by atoms with Gasteiger partial charge in [0.25, 0.3) is 0 Å². The van der Waals surface area contributed by atoms with E-state index in [2.05, 4.69) is 54.6 Å². The molecular weight excluding hydrogens is 420 g/mol. The van der Waals surface area contributed by atoms with Gasteiger partial charge in [-0.15, -0.1) is 0 Å². The van der Waals surface area contributed by atoms with Gasteiger partial charge in [-0.05, 0) is 67.6 Å². The Balaban J connectivity index is 1.46. The van der Waals surface area contributed by atoms with Crippen molar-refractivity contribution in [3.8, 4) is 16.3 Å². The summed E-state index contributed by atoms with van der Waals surface area (Å²) in [7, 11) is 0. The van der Waals surface area contributed by atoms with Crippen LogP contribution in [-0.2, 0) is 5.41 Å². The molecule has 1 saturated carbocycles. The van der Waals surface area contributed by atoms with Gasteiger partial charge in [0.05, 0.1) is 12.3 Å². The molecule has 5 rings (SSSR count). The smallest absolute Gasteiger partial charge is 0.144 e. The van der Waals surface area contributed by atoms with E-state index in [1.807, 2.05) is 13.8 Å². The highest BCUT2D eigenvalue weighted by Crippen LogP contribution is 2.53. The number of pyridine rings is 1. The molecule has 0 aliphatic heterocycles. The second kappa shape index (κ2) is 8.28. The molecule has 2 aromatic carbocycles. The van der Waals surface area contributed by atoms with Gasteiger partial charge in [0.15, 0.2) is 0 Å². The third-order valence-corrected chi connectivity index (χ3v) is 7.17. The average molecular weight is 447 g/mol. The standard InChI is InChI=1S/C26H26N2O3S/c1-16-12-18(13-17(2)23(16)31-15-20(30)14-29)24-27-21-8-9-22(28-25(21)32-24)26(10-11-26)19-6-4-3-5-7-19/h3-9,12-13,20,29-30H,10-11,14-15H2,1-2H3. The van der Waals surface area contributed by atoms with Gasteiger partial charge in [-0.1, -0.05) is 41.7 Å². The summed E-state index contributed by atoms with van der Waals surface area (Å²) >= 11 is 1.61. The molecule has 32 heavy (non-hydrogen) atoms. The molecule has 4 aromatic rings. The minimum atomic E-state index is -0.886. The van der Waals surface area contributed by atoms with Crippen LogP contribution in [0.2, 0.25) is 0 Å². The Hall–Kier alpha value is -2.80. The molecule has 1 atom stereocenters. The number of ether oxygens (including phenoxy) is 1. The number of aliphatic hydroxyl groups excluding tert-OH is 2. The minimum absolute atomic E-state index is 0.0465. The molecular formula is C26H26N2O3S. The number of aliphatic hydroxyl groups is 2. The lowest BCUT2D eigenvalue weighted by Gasteiger charge is -2.15. The lowest BCUT2D eigenvalue weighted by molar-refractivity contribution is 0.0532. The van der Waals surface area contributed by atoms with Crippen LogP contribution in [-0.4, -0.2) is 39.5 Å². The average Bonchev–Trinajstić information content (AvgIpc) is 3.51.